The molecule has 3 nitrogen and oxygen atoms in total. The third kappa shape index (κ3) is 5.78. The Balaban J connectivity index is 2.96. The zero-order chi connectivity index (χ0) is 16.3. The van der Waals surface area contributed by atoms with Crippen LogP contribution < -0.4 is 10.6 Å². The summed E-state index contributed by atoms with van der Waals surface area (Å²) in [5, 5.41) is 6.43. The summed E-state index contributed by atoms with van der Waals surface area (Å²) in [6.45, 7) is 15.6. The zero-order valence-electron chi connectivity index (χ0n) is 14.6. The van der Waals surface area contributed by atoms with E-state index in [0.29, 0.717) is 0 Å². The highest BCUT2D eigenvalue weighted by Gasteiger charge is 2.28. The molecule has 118 valence electrons. The van der Waals surface area contributed by atoms with Gasteiger partial charge in [-0.05, 0) is 51.7 Å². The van der Waals surface area contributed by atoms with Crippen molar-refractivity contribution in [1.82, 2.24) is 5.32 Å². The molecule has 1 aromatic carbocycles. The van der Waals surface area contributed by atoms with E-state index in [2.05, 4.69) is 45.3 Å². The van der Waals surface area contributed by atoms with Gasteiger partial charge < -0.3 is 10.6 Å². The molecule has 0 fully saturated rings. The van der Waals surface area contributed by atoms with Crippen LogP contribution in [-0.2, 0) is 0 Å². The number of carbonyl (C=O) groups excluding carboxylic acids is 1. The number of aryl methyl sites for hydroxylation is 1. The molecular weight excluding hydrogens is 260 g/mol. The van der Waals surface area contributed by atoms with E-state index in [1.165, 1.54) is 0 Å². The second-order valence-corrected chi connectivity index (χ2v) is 7.65. The van der Waals surface area contributed by atoms with Crippen molar-refractivity contribution in [3.05, 3.63) is 29.3 Å². The number of anilines is 1. The number of amides is 1. The number of carbonyl (C=O) groups is 1. The minimum Gasteiger partial charge on any atom is -0.385 e. The van der Waals surface area contributed by atoms with Gasteiger partial charge in [0.15, 0.2) is 0 Å². The van der Waals surface area contributed by atoms with Crippen molar-refractivity contribution in [3.8, 4) is 0 Å². The van der Waals surface area contributed by atoms with Gasteiger partial charge in [-0.2, -0.15) is 0 Å². The van der Waals surface area contributed by atoms with Crippen molar-refractivity contribution < 1.29 is 4.79 Å². The second kappa shape index (κ2) is 6.50. The first kappa shape index (κ1) is 17.5. The Morgan fingerprint density at radius 3 is 2.29 bits per heavy atom. The summed E-state index contributed by atoms with van der Waals surface area (Å²) in [5.41, 5.74) is 2.65. The summed E-state index contributed by atoms with van der Waals surface area (Å²) in [4.78, 5) is 12.6. The molecule has 0 spiro atoms. The van der Waals surface area contributed by atoms with Crippen LogP contribution in [0.3, 0.4) is 0 Å². The Labute approximate surface area is 129 Å². The molecule has 0 bridgehead atoms. The average Bonchev–Trinajstić information content (AvgIpc) is 2.27. The van der Waals surface area contributed by atoms with Crippen LogP contribution in [-0.4, -0.2) is 18.0 Å². The van der Waals surface area contributed by atoms with Crippen molar-refractivity contribution in [2.45, 2.75) is 60.4 Å². The molecule has 3 heteroatoms. The summed E-state index contributed by atoms with van der Waals surface area (Å²) in [5.74, 6) is -0.0103. The number of benzene rings is 1. The zero-order valence-corrected chi connectivity index (χ0v) is 14.6. The van der Waals surface area contributed by atoms with Crippen molar-refractivity contribution in [2.24, 2.45) is 5.41 Å². The van der Waals surface area contributed by atoms with Crippen LogP contribution in [0.2, 0.25) is 0 Å². The lowest BCUT2D eigenvalue weighted by Gasteiger charge is -2.33. The van der Waals surface area contributed by atoms with Crippen LogP contribution in [0.4, 0.5) is 5.69 Å². The molecule has 0 aliphatic carbocycles. The largest absolute Gasteiger partial charge is 0.385 e. The van der Waals surface area contributed by atoms with Gasteiger partial charge in [0.25, 0.3) is 5.91 Å². The van der Waals surface area contributed by atoms with E-state index in [1.807, 2.05) is 32.0 Å². The molecule has 0 saturated carbocycles. The maximum Gasteiger partial charge on any atom is 0.253 e. The fourth-order valence-electron chi connectivity index (χ4n) is 2.94. The van der Waals surface area contributed by atoms with E-state index in [0.717, 1.165) is 29.8 Å². The number of nitrogens with one attached hydrogen (secondary N) is 2. The predicted octanol–water partition coefficient (Wildman–Crippen LogP) is 4.37. The van der Waals surface area contributed by atoms with Crippen LogP contribution in [0.5, 0.6) is 0 Å². The Bertz CT molecular complexity index is 498. The van der Waals surface area contributed by atoms with Gasteiger partial charge in [-0.1, -0.05) is 32.4 Å². The number of hydrogen-bond donors (Lipinski definition) is 2. The lowest BCUT2D eigenvalue weighted by molar-refractivity contribution is 0.0892. The van der Waals surface area contributed by atoms with E-state index in [9.17, 15) is 4.79 Å². The van der Waals surface area contributed by atoms with Crippen molar-refractivity contribution in [3.63, 3.8) is 0 Å². The molecule has 0 heterocycles. The average molecular weight is 290 g/mol. The fraction of sp³-hybridized carbons (Fsp3) is 0.611. The molecule has 21 heavy (non-hydrogen) atoms. The van der Waals surface area contributed by atoms with E-state index < -0.39 is 0 Å². The quantitative estimate of drug-likeness (QED) is 0.845. The summed E-state index contributed by atoms with van der Waals surface area (Å²) >= 11 is 0. The summed E-state index contributed by atoms with van der Waals surface area (Å²) in [6, 6.07) is 5.94. The topological polar surface area (TPSA) is 41.1 Å². The minimum atomic E-state index is -0.234. The maximum atomic E-state index is 12.6. The molecule has 1 rings (SSSR count). The van der Waals surface area contributed by atoms with Crippen LogP contribution in [0.15, 0.2) is 18.2 Å². The highest BCUT2D eigenvalue weighted by atomic mass is 16.1. The number of hydrogen-bond acceptors (Lipinski definition) is 2. The molecule has 0 aromatic heterocycles. The normalized spacial score (nSPS) is 12.1. The monoisotopic (exact) mass is 290 g/mol. The molecule has 0 saturated heterocycles. The highest BCUT2D eigenvalue weighted by molar-refractivity contribution is 6.00. The molecule has 1 amide bonds. The predicted molar refractivity (Wildman–Crippen MR) is 91.0 cm³/mol. The van der Waals surface area contributed by atoms with Crippen LogP contribution in [0, 0.1) is 12.3 Å². The van der Waals surface area contributed by atoms with Gasteiger partial charge >= 0.3 is 0 Å². The van der Waals surface area contributed by atoms with Gasteiger partial charge in [-0.15, -0.1) is 0 Å². The van der Waals surface area contributed by atoms with Gasteiger partial charge in [0.2, 0.25) is 0 Å². The molecule has 0 radical (unpaired) electrons. The first-order valence-electron chi connectivity index (χ1n) is 7.71. The van der Waals surface area contributed by atoms with Crippen LogP contribution in [0.25, 0.3) is 0 Å². The summed E-state index contributed by atoms with van der Waals surface area (Å²) in [6.07, 6.45) is 0.925. The van der Waals surface area contributed by atoms with E-state index in [-0.39, 0.29) is 16.9 Å². The van der Waals surface area contributed by atoms with E-state index in [1.54, 1.807) is 0 Å². The van der Waals surface area contributed by atoms with Crippen molar-refractivity contribution >= 4 is 11.6 Å². The van der Waals surface area contributed by atoms with Crippen molar-refractivity contribution in [1.29, 1.82) is 0 Å². The lowest BCUT2D eigenvalue weighted by atomic mass is 9.81. The Kier molecular flexibility index (Phi) is 5.43. The SMILES string of the molecule is CCNc1ccc(C)cc1C(=O)NC(C)(C)CC(C)(C)C. The van der Waals surface area contributed by atoms with E-state index >= 15 is 0 Å². The number of rotatable bonds is 5. The van der Waals surface area contributed by atoms with Crippen LogP contribution in [0.1, 0.15) is 63.9 Å². The molecule has 1 aromatic rings. The molecule has 0 atom stereocenters. The van der Waals surface area contributed by atoms with Gasteiger partial charge in [-0.25, -0.2) is 0 Å². The fourth-order valence-corrected chi connectivity index (χ4v) is 2.94. The Morgan fingerprint density at radius 1 is 1.14 bits per heavy atom. The lowest BCUT2D eigenvalue weighted by Crippen LogP contribution is -2.46. The van der Waals surface area contributed by atoms with Crippen molar-refractivity contribution in [2.75, 3.05) is 11.9 Å². The van der Waals surface area contributed by atoms with Gasteiger partial charge in [0, 0.05) is 17.8 Å². The molecule has 2 N–H and O–H groups in total. The molecular formula is C18H30N2O. The first-order valence-corrected chi connectivity index (χ1v) is 7.71. The highest BCUT2D eigenvalue weighted by Crippen LogP contribution is 2.27. The standard InChI is InChI=1S/C18H30N2O/c1-8-19-15-10-9-13(2)11-14(15)16(21)20-18(6,7)12-17(3,4)5/h9-11,19H,8,12H2,1-7H3,(H,20,21). The second-order valence-electron chi connectivity index (χ2n) is 7.65. The smallest absolute Gasteiger partial charge is 0.253 e. The third-order valence-electron chi connectivity index (χ3n) is 3.21. The summed E-state index contributed by atoms with van der Waals surface area (Å²) in [7, 11) is 0. The molecule has 0 unspecified atom stereocenters. The summed E-state index contributed by atoms with van der Waals surface area (Å²) < 4.78 is 0. The molecule has 0 aliphatic rings. The van der Waals surface area contributed by atoms with Crippen LogP contribution >= 0.6 is 0 Å². The first-order chi connectivity index (χ1) is 9.54. The molecule has 0 aliphatic heterocycles. The van der Waals surface area contributed by atoms with Gasteiger partial charge in [-0.3, -0.25) is 4.79 Å². The Hall–Kier alpha value is -1.51. The third-order valence-corrected chi connectivity index (χ3v) is 3.21. The minimum absolute atomic E-state index is 0.0103. The maximum absolute atomic E-state index is 12.6. The van der Waals surface area contributed by atoms with Gasteiger partial charge in [0.05, 0.1) is 5.56 Å². The Morgan fingerprint density at radius 2 is 1.76 bits per heavy atom. The van der Waals surface area contributed by atoms with Gasteiger partial charge in [0.1, 0.15) is 0 Å². The van der Waals surface area contributed by atoms with E-state index in [4.69, 9.17) is 0 Å².